The number of hydrogen-bond donors (Lipinski definition) is 0. The van der Waals surface area contributed by atoms with E-state index in [0.29, 0.717) is 5.41 Å². The van der Waals surface area contributed by atoms with Crippen molar-refractivity contribution in [3.8, 4) is 0 Å². The summed E-state index contributed by atoms with van der Waals surface area (Å²) in [4.78, 5) is 0. The van der Waals surface area contributed by atoms with Crippen LogP contribution < -0.4 is 0 Å². The summed E-state index contributed by atoms with van der Waals surface area (Å²) in [5.41, 5.74) is 0.642. The van der Waals surface area contributed by atoms with Crippen LogP contribution in [0.1, 0.15) is 32.6 Å². The number of rotatable bonds is 0. The second kappa shape index (κ2) is 1.73. The maximum Gasteiger partial charge on any atom is -0.00844 e. The van der Waals surface area contributed by atoms with E-state index in [1.165, 1.54) is 19.3 Å². The Morgan fingerprint density at radius 3 is 3.09 bits per heavy atom. The lowest BCUT2D eigenvalue weighted by Gasteiger charge is -2.35. The van der Waals surface area contributed by atoms with Crippen molar-refractivity contribution in [1.82, 2.24) is 0 Å². The molecule has 0 N–H and O–H groups in total. The van der Waals surface area contributed by atoms with Gasteiger partial charge in [-0.05, 0) is 48.9 Å². The predicted octanol–water partition coefficient (Wildman–Crippen LogP) is 3.00. The van der Waals surface area contributed by atoms with Gasteiger partial charge < -0.3 is 0 Å². The topological polar surface area (TPSA) is 0 Å². The van der Waals surface area contributed by atoms with Gasteiger partial charge in [0, 0.05) is 0 Å². The molecule has 4 unspecified atom stereocenters. The summed E-state index contributed by atoms with van der Waals surface area (Å²) >= 11 is 0. The zero-order valence-electron chi connectivity index (χ0n) is 7.22. The molecule has 0 aromatic rings. The van der Waals surface area contributed by atoms with Crippen LogP contribution in [0.25, 0.3) is 0 Å². The SMILES string of the molecule is CC12C=CCC1C1CCC2C1. The first-order valence-corrected chi connectivity index (χ1v) is 4.98. The molecule has 11 heavy (non-hydrogen) atoms. The average molecular weight is 148 g/mol. The Balaban J connectivity index is 2.05. The summed E-state index contributed by atoms with van der Waals surface area (Å²) in [5.74, 6) is 3.19. The molecule has 3 aliphatic rings. The Kier molecular flexibility index (Phi) is 0.987. The van der Waals surface area contributed by atoms with Crippen LogP contribution in [0.2, 0.25) is 0 Å². The van der Waals surface area contributed by atoms with Crippen molar-refractivity contribution in [2.45, 2.75) is 32.6 Å². The minimum absolute atomic E-state index is 0.642. The zero-order chi connectivity index (χ0) is 7.47. The Morgan fingerprint density at radius 1 is 1.36 bits per heavy atom. The molecule has 0 nitrogen and oxygen atoms in total. The van der Waals surface area contributed by atoms with E-state index in [9.17, 15) is 0 Å². The predicted molar refractivity (Wildman–Crippen MR) is 46.2 cm³/mol. The van der Waals surface area contributed by atoms with E-state index in [2.05, 4.69) is 19.1 Å². The molecule has 3 aliphatic carbocycles. The van der Waals surface area contributed by atoms with Crippen molar-refractivity contribution in [2.24, 2.45) is 23.2 Å². The molecule has 2 fully saturated rings. The molecule has 2 bridgehead atoms. The molecule has 0 aromatic heterocycles. The minimum Gasteiger partial charge on any atom is -0.0877 e. The molecule has 3 rings (SSSR count). The number of hydrogen-bond acceptors (Lipinski definition) is 0. The van der Waals surface area contributed by atoms with Gasteiger partial charge in [-0.25, -0.2) is 0 Å². The Morgan fingerprint density at radius 2 is 2.27 bits per heavy atom. The fourth-order valence-electron chi connectivity index (χ4n) is 3.93. The van der Waals surface area contributed by atoms with E-state index in [-0.39, 0.29) is 0 Å². The van der Waals surface area contributed by atoms with Crippen LogP contribution in [0.3, 0.4) is 0 Å². The van der Waals surface area contributed by atoms with Crippen molar-refractivity contribution in [2.75, 3.05) is 0 Å². The maximum atomic E-state index is 2.52. The van der Waals surface area contributed by atoms with E-state index in [0.717, 1.165) is 17.8 Å². The van der Waals surface area contributed by atoms with Crippen LogP contribution in [0.15, 0.2) is 12.2 Å². The van der Waals surface area contributed by atoms with Gasteiger partial charge in [-0.2, -0.15) is 0 Å². The standard InChI is InChI=1S/C11H16/c1-11-6-2-3-10(11)8-4-5-9(11)7-8/h2,6,8-10H,3-5,7H2,1H3. The zero-order valence-corrected chi connectivity index (χ0v) is 7.22. The van der Waals surface area contributed by atoms with Crippen LogP contribution in [-0.2, 0) is 0 Å². The molecule has 2 saturated carbocycles. The first-order chi connectivity index (χ1) is 5.31. The molecule has 0 saturated heterocycles. The van der Waals surface area contributed by atoms with Gasteiger partial charge in [-0.3, -0.25) is 0 Å². The van der Waals surface area contributed by atoms with E-state index < -0.39 is 0 Å². The van der Waals surface area contributed by atoms with Crippen LogP contribution in [0.5, 0.6) is 0 Å². The van der Waals surface area contributed by atoms with E-state index in [1.807, 2.05) is 0 Å². The summed E-state index contributed by atoms with van der Waals surface area (Å²) in [5, 5.41) is 0. The Hall–Kier alpha value is -0.260. The molecule has 0 aliphatic heterocycles. The quantitative estimate of drug-likeness (QED) is 0.463. The van der Waals surface area contributed by atoms with Gasteiger partial charge in [0.25, 0.3) is 0 Å². The van der Waals surface area contributed by atoms with Crippen molar-refractivity contribution in [3.05, 3.63) is 12.2 Å². The molecular weight excluding hydrogens is 132 g/mol. The molecule has 0 heterocycles. The maximum absolute atomic E-state index is 2.52. The van der Waals surface area contributed by atoms with Crippen LogP contribution in [-0.4, -0.2) is 0 Å². The second-order valence-corrected chi connectivity index (χ2v) is 4.88. The smallest absolute Gasteiger partial charge is 0.00844 e. The van der Waals surface area contributed by atoms with Gasteiger partial charge >= 0.3 is 0 Å². The van der Waals surface area contributed by atoms with Gasteiger partial charge in [0.1, 0.15) is 0 Å². The molecular formula is C11H16. The normalized spacial score (nSPS) is 58.8. The lowest BCUT2D eigenvalue weighted by Crippen LogP contribution is -2.28. The van der Waals surface area contributed by atoms with Crippen molar-refractivity contribution < 1.29 is 0 Å². The molecule has 0 aromatic carbocycles. The largest absolute Gasteiger partial charge is 0.0877 e. The first kappa shape index (κ1) is 6.28. The minimum atomic E-state index is 0.642. The lowest BCUT2D eigenvalue weighted by atomic mass is 9.70. The fraction of sp³-hybridized carbons (Fsp3) is 0.818. The van der Waals surface area contributed by atoms with Crippen molar-refractivity contribution in [3.63, 3.8) is 0 Å². The van der Waals surface area contributed by atoms with Crippen molar-refractivity contribution >= 4 is 0 Å². The van der Waals surface area contributed by atoms with Crippen LogP contribution in [0.4, 0.5) is 0 Å². The number of allylic oxidation sites excluding steroid dienone is 2. The summed E-state index contributed by atoms with van der Waals surface area (Å²) in [6, 6.07) is 0. The summed E-state index contributed by atoms with van der Waals surface area (Å²) in [6.45, 7) is 2.49. The van der Waals surface area contributed by atoms with E-state index >= 15 is 0 Å². The Bertz CT molecular complexity index is 216. The molecule has 60 valence electrons. The third kappa shape index (κ3) is 0.579. The second-order valence-electron chi connectivity index (χ2n) is 4.88. The first-order valence-electron chi connectivity index (χ1n) is 4.98. The summed E-state index contributed by atoms with van der Waals surface area (Å²) < 4.78 is 0. The highest BCUT2D eigenvalue weighted by molar-refractivity contribution is 5.19. The molecule has 4 atom stereocenters. The molecule has 0 amide bonds. The lowest BCUT2D eigenvalue weighted by molar-refractivity contribution is 0.175. The van der Waals surface area contributed by atoms with E-state index in [4.69, 9.17) is 0 Å². The fourth-order valence-corrected chi connectivity index (χ4v) is 3.93. The third-order valence-electron chi connectivity index (χ3n) is 4.59. The molecule has 0 heteroatoms. The Labute approximate surface area is 68.7 Å². The van der Waals surface area contributed by atoms with Gasteiger partial charge in [-0.15, -0.1) is 0 Å². The van der Waals surface area contributed by atoms with Gasteiger partial charge in [0.05, 0.1) is 0 Å². The van der Waals surface area contributed by atoms with Gasteiger partial charge in [0.15, 0.2) is 0 Å². The third-order valence-corrected chi connectivity index (χ3v) is 4.59. The monoisotopic (exact) mass is 148 g/mol. The van der Waals surface area contributed by atoms with Crippen LogP contribution >= 0.6 is 0 Å². The van der Waals surface area contributed by atoms with Gasteiger partial charge in [0.2, 0.25) is 0 Å². The highest BCUT2D eigenvalue weighted by atomic mass is 14.6. The highest BCUT2D eigenvalue weighted by Crippen LogP contribution is 2.63. The van der Waals surface area contributed by atoms with E-state index in [1.54, 1.807) is 6.42 Å². The molecule has 0 radical (unpaired) electrons. The summed E-state index contributed by atoms with van der Waals surface area (Å²) in [6.07, 6.45) is 10.9. The average Bonchev–Trinajstić information content (AvgIpc) is 2.54. The van der Waals surface area contributed by atoms with Crippen LogP contribution in [0, 0.1) is 23.2 Å². The van der Waals surface area contributed by atoms with Crippen molar-refractivity contribution in [1.29, 1.82) is 0 Å². The highest BCUT2D eigenvalue weighted by Gasteiger charge is 2.54. The number of fused-ring (bicyclic) bond motifs is 5. The summed E-state index contributed by atoms with van der Waals surface area (Å²) in [7, 11) is 0. The molecule has 0 spiro atoms. The van der Waals surface area contributed by atoms with Gasteiger partial charge in [-0.1, -0.05) is 19.1 Å².